The number of carbonyl (C=O) groups excluding carboxylic acids is 3. The normalized spacial score (nSPS) is 13.7. The van der Waals surface area contributed by atoms with Crippen LogP contribution < -0.4 is 33.2 Å². The Morgan fingerprint density at radius 1 is 0.837 bits per heavy atom. The van der Waals surface area contributed by atoms with E-state index >= 15 is 0 Å². The number of aromatic nitrogens is 1. The van der Waals surface area contributed by atoms with Crippen LogP contribution in [0.1, 0.15) is 24.0 Å². The second kappa shape index (κ2) is 15.9. The minimum absolute atomic E-state index is 0.0417. The lowest BCUT2D eigenvalue weighted by Crippen LogP contribution is -2.58. The Morgan fingerprint density at radius 2 is 1.47 bits per heavy atom. The molecule has 2 aromatic carbocycles. The Bertz CT molecular complexity index is 1420. The Hall–Kier alpha value is -4.95. The third-order valence-electron chi connectivity index (χ3n) is 6.74. The van der Waals surface area contributed by atoms with Gasteiger partial charge in [0.25, 0.3) is 0 Å². The number of hydrogen-bond donors (Lipinski definition) is 9. The molecule has 230 valence electrons. The van der Waals surface area contributed by atoms with Crippen LogP contribution >= 0.6 is 0 Å². The molecule has 0 radical (unpaired) electrons. The van der Waals surface area contributed by atoms with Gasteiger partial charge in [-0.15, -0.1) is 0 Å². The molecule has 0 aliphatic carbocycles. The first-order valence-electron chi connectivity index (χ1n) is 13.7. The Morgan fingerprint density at radius 3 is 2.14 bits per heavy atom. The second-order valence-corrected chi connectivity index (χ2v) is 10.0. The van der Waals surface area contributed by atoms with Gasteiger partial charge in [-0.3, -0.25) is 19.4 Å². The van der Waals surface area contributed by atoms with E-state index in [-0.39, 0.29) is 31.8 Å². The molecule has 0 saturated heterocycles. The van der Waals surface area contributed by atoms with Gasteiger partial charge in [-0.05, 0) is 36.5 Å². The number of nitrogens with two attached hydrogens (primary N) is 3. The number of aliphatic imine (C=N–C) groups is 1. The fourth-order valence-electron chi connectivity index (χ4n) is 4.47. The zero-order chi connectivity index (χ0) is 31.4. The van der Waals surface area contributed by atoms with Gasteiger partial charge in [-0.1, -0.05) is 48.5 Å². The standard InChI is InChI=1S/C29H38N8O6/c30-20(13-17-7-2-1-3-8-17)25(39)35-22(11-6-12-33-29(31)32)26(40)37-24(16-38)27(41)36-23(28(42)43)14-18-15-34-21-10-5-4-9-19(18)21/h1-5,7-10,15,20,22-24,34,38H,6,11-14,16,30H2,(H,35,39)(H,36,41)(H,37,40)(H,42,43)(H4,31,32,33). The Labute approximate surface area is 248 Å². The molecule has 0 saturated carbocycles. The highest BCUT2D eigenvalue weighted by molar-refractivity contribution is 5.94. The predicted molar refractivity (Wildman–Crippen MR) is 161 cm³/mol. The van der Waals surface area contributed by atoms with Crippen LogP contribution in [-0.2, 0) is 32.0 Å². The third kappa shape index (κ3) is 9.83. The van der Waals surface area contributed by atoms with Gasteiger partial charge in [0, 0.05) is 30.1 Å². The molecule has 0 aliphatic heterocycles. The highest BCUT2D eigenvalue weighted by Gasteiger charge is 2.30. The van der Waals surface area contributed by atoms with Crippen LogP contribution in [0.3, 0.4) is 0 Å². The van der Waals surface area contributed by atoms with Crippen molar-refractivity contribution < 1.29 is 29.4 Å². The first-order valence-corrected chi connectivity index (χ1v) is 13.7. The van der Waals surface area contributed by atoms with Crippen LogP contribution in [0.4, 0.5) is 0 Å². The summed E-state index contributed by atoms with van der Waals surface area (Å²) in [6, 6.07) is 11.5. The molecular formula is C29H38N8O6. The molecule has 1 aromatic heterocycles. The molecule has 43 heavy (non-hydrogen) atoms. The summed E-state index contributed by atoms with van der Waals surface area (Å²) in [5.41, 5.74) is 19.1. The number of nitrogens with one attached hydrogen (secondary N) is 4. The number of nitrogens with zero attached hydrogens (tertiary/aromatic N) is 1. The number of hydrogen-bond acceptors (Lipinski definition) is 7. The topological polar surface area (TPSA) is 251 Å². The number of para-hydroxylation sites is 1. The van der Waals surface area contributed by atoms with Gasteiger partial charge < -0.3 is 48.3 Å². The maximum atomic E-state index is 13.2. The van der Waals surface area contributed by atoms with Crippen LogP contribution in [0.5, 0.6) is 0 Å². The number of aromatic amines is 1. The maximum Gasteiger partial charge on any atom is 0.326 e. The van der Waals surface area contributed by atoms with Crippen molar-refractivity contribution in [2.45, 2.75) is 49.9 Å². The zero-order valence-electron chi connectivity index (χ0n) is 23.5. The molecule has 3 amide bonds. The summed E-state index contributed by atoms with van der Waals surface area (Å²) < 4.78 is 0. The fourth-order valence-corrected chi connectivity index (χ4v) is 4.47. The van der Waals surface area contributed by atoms with Crippen molar-refractivity contribution in [3.8, 4) is 0 Å². The summed E-state index contributed by atoms with van der Waals surface area (Å²) in [5.74, 6) is -3.70. The number of carboxylic acid groups (broad SMARTS) is 1. The molecule has 0 aliphatic rings. The quantitative estimate of drug-likeness (QED) is 0.0551. The van der Waals surface area contributed by atoms with E-state index in [4.69, 9.17) is 17.2 Å². The van der Waals surface area contributed by atoms with Crippen molar-refractivity contribution in [3.63, 3.8) is 0 Å². The number of benzene rings is 2. The molecule has 12 N–H and O–H groups in total. The van der Waals surface area contributed by atoms with Gasteiger partial charge in [-0.25, -0.2) is 4.79 Å². The molecule has 14 nitrogen and oxygen atoms in total. The SMILES string of the molecule is NC(N)=NCCCC(NC(=O)C(N)Cc1ccccc1)C(=O)NC(CO)C(=O)NC(Cc1c[nH]c2ccccc12)C(=O)O. The number of aliphatic carboxylic acids is 1. The maximum absolute atomic E-state index is 13.2. The third-order valence-corrected chi connectivity index (χ3v) is 6.74. The van der Waals surface area contributed by atoms with Gasteiger partial charge in [0.2, 0.25) is 17.7 Å². The highest BCUT2D eigenvalue weighted by Crippen LogP contribution is 2.19. The fraction of sp³-hybridized carbons (Fsp3) is 0.345. The number of aliphatic hydroxyl groups excluding tert-OH is 1. The minimum Gasteiger partial charge on any atom is -0.480 e. The van der Waals surface area contributed by atoms with Crippen molar-refractivity contribution in [1.82, 2.24) is 20.9 Å². The summed E-state index contributed by atoms with van der Waals surface area (Å²) in [4.78, 5) is 58.0. The summed E-state index contributed by atoms with van der Waals surface area (Å²) in [5, 5.41) is 27.9. The number of carboxylic acids is 1. The van der Waals surface area contributed by atoms with Gasteiger partial charge >= 0.3 is 5.97 Å². The molecule has 3 aromatic rings. The average Bonchev–Trinajstić information content (AvgIpc) is 3.39. The number of amides is 3. The smallest absolute Gasteiger partial charge is 0.326 e. The van der Waals surface area contributed by atoms with E-state index in [9.17, 15) is 29.4 Å². The largest absolute Gasteiger partial charge is 0.480 e. The second-order valence-electron chi connectivity index (χ2n) is 10.0. The van der Waals surface area contributed by atoms with Gasteiger partial charge in [0.05, 0.1) is 12.6 Å². The minimum atomic E-state index is -1.49. The van der Waals surface area contributed by atoms with Crippen LogP contribution in [0.15, 0.2) is 65.8 Å². The summed E-state index contributed by atoms with van der Waals surface area (Å²) in [6.45, 7) is -0.644. The number of carbonyl (C=O) groups is 4. The number of H-pyrrole nitrogens is 1. The molecule has 0 spiro atoms. The van der Waals surface area contributed by atoms with Gasteiger partial charge in [0.15, 0.2) is 5.96 Å². The van der Waals surface area contributed by atoms with Crippen molar-refractivity contribution in [2.75, 3.05) is 13.2 Å². The molecule has 1 heterocycles. The van der Waals surface area contributed by atoms with Crippen LogP contribution in [0, 0.1) is 0 Å². The highest BCUT2D eigenvalue weighted by atomic mass is 16.4. The number of fused-ring (bicyclic) bond motifs is 1. The van der Waals surface area contributed by atoms with E-state index < -0.39 is 54.5 Å². The van der Waals surface area contributed by atoms with Crippen LogP contribution in [0.25, 0.3) is 10.9 Å². The van der Waals surface area contributed by atoms with Crippen molar-refractivity contribution >= 4 is 40.6 Å². The van der Waals surface area contributed by atoms with Crippen molar-refractivity contribution in [2.24, 2.45) is 22.2 Å². The van der Waals surface area contributed by atoms with E-state index in [1.807, 2.05) is 54.6 Å². The van der Waals surface area contributed by atoms with E-state index in [2.05, 4.69) is 25.9 Å². The molecule has 14 heteroatoms. The molecule has 4 unspecified atom stereocenters. The molecule has 4 atom stereocenters. The van der Waals surface area contributed by atoms with Crippen molar-refractivity contribution in [3.05, 3.63) is 71.9 Å². The van der Waals surface area contributed by atoms with Crippen LogP contribution in [0.2, 0.25) is 0 Å². The van der Waals surface area contributed by atoms with Gasteiger partial charge in [-0.2, -0.15) is 0 Å². The Kier molecular flexibility index (Phi) is 12.0. The lowest BCUT2D eigenvalue weighted by atomic mass is 10.0. The first-order chi connectivity index (χ1) is 20.6. The number of guanidine groups is 1. The lowest BCUT2D eigenvalue weighted by molar-refractivity contribution is -0.142. The summed E-state index contributed by atoms with van der Waals surface area (Å²) in [7, 11) is 0. The van der Waals surface area contributed by atoms with E-state index in [1.165, 1.54) is 0 Å². The average molecular weight is 595 g/mol. The van der Waals surface area contributed by atoms with Crippen LogP contribution in [-0.4, -0.2) is 82.2 Å². The summed E-state index contributed by atoms with van der Waals surface area (Å²) >= 11 is 0. The number of aliphatic hydroxyl groups is 1. The Balaban J connectivity index is 1.67. The molecule has 0 bridgehead atoms. The molecular weight excluding hydrogens is 556 g/mol. The zero-order valence-corrected chi connectivity index (χ0v) is 23.5. The number of rotatable bonds is 16. The van der Waals surface area contributed by atoms with E-state index in [0.29, 0.717) is 12.0 Å². The predicted octanol–water partition coefficient (Wildman–Crippen LogP) is -1.13. The lowest BCUT2D eigenvalue weighted by Gasteiger charge is -2.24. The van der Waals surface area contributed by atoms with E-state index in [1.54, 1.807) is 6.20 Å². The summed E-state index contributed by atoms with van der Waals surface area (Å²) in [6.07, 6.45) is 2.23. The molecule has 0 fully saturated rings. The monoisotopic (exact) mass is 594 g/mol. The molecule has 3 rings (SSSR count). The van der Waals surface area contributed by atoms with Gasteiger partial charge in [0.1, 0.15) is 18.1 Å². The first kappa shape index (κ1) is 32.6. The van der Waals surface area contributed by atoms with E-state index in [0.717, 1.165) is 16.5 Å². The van der Waals surface area contributed by atoms with Crippen molar-refractivity contribution in [1.29, 1.82) is 0 Å².